The second kappa shape index (κ2) is 7.37. The van der Waals surface area contributed by atoms with Gasteiger partial charge in [-0.15, -0.1) is 0 Å². The van der Waals surface area contributed by atoms with Gasteiger partial charge in [0.1, 0.15) is 0 Å². The molecule has 0 spiro atoms. The minimum Gasteiger partial charge on any atom is -0.390 e. The Morgan fingerprint density at radius 1 is 0.966 bits per heavy atom. The molecule has 0 aromatic heterocycles. The van der Waals surface area contributed by atoms with Gasteiger partial charge in [-0.2, -0.15) is 0 Å². The summed E-state index contributed by atoms with van der Waals surface area (Å²) in [6, 6.07) is 0. The van der Waals surface area contributed by atoms with E-state index in [4.69, 9.17) is 4.74 Å². The highest BCUT2D eigenvalue weighted by Crippen LogP contribution is 2.71. The van der Waals surface area contributed by atoms with Gasteiger partial charge in [-0.3, -0.25) is 0 Å². The lowest BCUT2D eigenvalue weighted by molar-refractivity contribution is -0.261. The second-order valence-electron chi connectivity index (χ2n) is 12.1. The van der Waals surface area contributed by atoms with Gasteiger partial charge in [0, 0.05) is 0 Å². The summed E-state index contributed by atoms with van der Waals surface area (Å²) < 4.78 is 6.54. The summed E-state index contributed by atoms with van der Waals surface area (Å²) in [5.74, 6) is 1.88. The first-order chi connectivity index (χ1) is 13.6. The number of hydrogen-bond donors (Lipinski definition) is 1. The molecule has 4 rings (SSSR count). The van der Waals surface area contributed by atoms with Crippen LogP contribution in [0.2, 0.25) is 0 Å². The molecule has 3 saturated carbocycles. The minimum atomic E-state index is -0.396. The van der Waals surface area contributed by atoms with Crippen molar-refractivity contribution >= 4 is 0 Å². The normalized spacial score (nSPS) is 54.8. The third kappa shape index (κ3) is 3.10. The lowest BCUT2D eigenvalue weighted by atomic mass is 9.37. The van der Waals surface area contributed by atoms with Gasteiger partial charge in [0.15, 0.2) is 0 Å². The summed E-state index contributed by atoms with van der Waals surface area (Å²) in [4.78, 5) is 0. The van der Waals surface area contributed by atoms with E-state index < -0.39 is 5.60 Å². The number of aliphatic hydroxyl groups is 1. The Morgan fingerprint density at radius 3 is 2.38 bits per heavy atom. The largest absolute Gasteiger partial charge is 0.390 e. The molecule has 0 unspecified atom stereocenters. The van der Waals surface area contributed by atoms with Crippen LogP contribution in [0.15, 0.2) is 11.6 Å². The van der Waals surface area contributed by atoms with Gasteiger partial charge >= 0.3 is 0 Å². The zero-order chi connectivity index (χ0) is 21.1. The van der Waals surface area contributed by atoms with Crippen molar-refractivity contribution in [3.8, 4) is 0 Å². The van der Waals surface area contributed by atoms with Crippen LogP contribution in [0.4, 0.5) is 0 Å². The smallest absolute Gasteiger partial charge is 0.0949 e. The molecule has 3 fully saturated rings. The van der Waals surface area contributed by atoms with Crippen LogP contribution in [0.25, 0.3) is 0 Å². The third-order valence-electron chi connectivity index (χ3n) is 11.1. The fourth-order valence-corrected chi connectivity index (χ4v) is 9.12. The Labute approximate surface area is 179 Å². The van der Waals surface area contributed by atoms with E-state index in [1.807, 2.05) is 0 Å². The highest BCUT2D eigenvalue weighted by Gasteiger charge is 2.66. The topological polar surface area (TPSA) is 29.5 Å². The average molecular weight is 403 g/mol. The average Bonchev–Trinajstić information content (AvgIpc) is 2.66. The predicted octanol–water partition coefficient (Wildman–Crippen LogP) is 6.91. The molecule has 0 aromatic carbocycles. The van der Waals surface area contributed by atoms with Crippen molar-refractivity contribution < 1.29 is 9.84 Å². The first kappa shape index (κ1) is 21.9. The van der Waals surface area contributed by atoms with E-state index in [1.54, 1.807) is 5.57 Å². The van der Waals surface area contributed by atoms with E-state index in [0.29, 0.717) is 29.3 Å². The molecule has 0 bridgehead atoms. The maximum Gasteiger partial charge on any atom is 0.0949 e. The second-order valence-corrected chi connectivity index (χ2v) is 12.1. The Morgan fingerprint density at radius 2 is 1.69 bits per heavy atom. The van der Waals surface area contributed by atoms with Crippen molar-refractivity contribution in [3.63, 3.8) is 0 Å². The van der Waals surface area contributed by atoms with Crippen LogP contribution < -0.4 is 0 Å². The summed E-state index contributed by atoms with van der Waals surface area (Å²) in [6.45, 7) is 15.4. The van der Waals surface area contributed by atoms with Crippen molar-refractivity contribution in [2.24, 2.45) is 34.0 Å². The maximum atomic E-state index is 11.5. The Bertz CT molecular complexity index is 655. The summed E-state index contributed by atoms with van der Waals surface area (Å²) in [5, 5.41) is 11.5. The SMILES string of the molecule is CC/C1=C/CO[C@@]2(C)[C@@H](O)C[C@@H]3[C@@]4(C)CCC[C@](C)(CC)[C@@H]4CC[C@@]3(C)[C@@H]2CC1. The third-order valence-corrected chi connectivity index (χ3v) is 11.1. The molecule has 4 aliphatic rings. The summed E-state index contributed by atoms with van der Waals surface area (Å²) in [5.41, 5.74) is 2.28. The molecule has 1 N–H and O–H groups in total. The molecule has 8 atom stereocenters. The Hall–Kier alpha value is -0.340. The highest BCUT2D eigenvalue weighted by molar-refractivity contribution is 5.17. The Balaban J connectivity index is 1.73. The van der Waals surface area contributed by atoms with Crippen LogP contribution in [-0.2, 0) is 4.74 Å². The van der Waals surface area contributed by atoms with E-state index in [0.717, 1.165) is 18.8 Å². The lowest BCUT2D eigenvalue weighted by Crippen LogP contribution is -2.67. The van der Waals surface area contributed by atoms with Crippen LogP contribution in [0.5, 0.6) is 0 Å². The Kier molecular flexibility index (Phi) is 5.56. The molecule has 166 valence electrons. The van der Waals surface area contributed by atoms with Crippen LogP contribution >= 0.6 is 0 Å². The molecule has 29 heavy (non-hydrogen) atoms. The predicted molar refractivity (Wildman–Crippen MR) is 121 cm³/mol. The highest BCUT2D eigenvalue weighted by atomic mass is 16.5. The number of fused-ring (bicyclic) bond motifs is 5. The minimum absolute atomic E-state index is 0.279. The lowest BCUT2D eigenvalue weighted by Gasteiger charge is -2.69. The number of hydrogen-bond acceptors (Lipinski definition) is 2. The fourth-order valence-electron chi connectivity index (χ4n) is 9.12. The summed E-state index contributed by atoms with van der Waals surface area (Å²) in [6.07, 6.45) is 14.5. The van der Waals surface area contributed by atoms with Crippen molar-refractivity contribution in [3.05, 3.63) is 11.6 Å². The molecule has 1 heterocycles. The number of aliphatic hydroxyl groups excluding tert-OH is 1. The molecular weight excluding hydrogens is 356 g/mol. The van der Waals surface area contributed by atoms with Crippen LogP contribution in [0, 0.1) is 34.0 Å². The van der Waals surface area contributed by atoms with Gasteiger partial charge in [0.05, 0.1) is 18.3 Å². The number of ether oxygens (including phenoxy) is 1. The molecule has 0 radical (unpaired) electrons. The molecule has 0 saturated heterocycles. The zero-order valence-corrected chi connectivity index (χ0v) is 20.0. The molecule has 3 aliphatic carbocycles. The zero-order valence-electron chi connectivity index (χ0n) is 20.0. The monoisotopic (exact) mass is 402 g/mol. The van der Waals surface area contributed by atoms with Gasteiger partial charge in [0.25, 0.3) is 0 Å². The fraction of sp³-hybridized carbons (Fsp3) is 0.926. The van der Waals surface area contributed by atoms with Crippen molar-refractivity contribution in [2.75, 3.05) is 6.61 Å². The molecule has 0 aromatic rings. The first-order valence-electron chi connectivity index (χ1n) is 12.6. The van der Waals surface area contributed by atoms with E-state index in [9.17, 15) is 5.11 Å². The summed E-state index contributed by atoms with van der Waals surface area (Å²) >= 11 is 0. The molecule has 0 amide bonds. The van der Waals surface area contributed by atoms with E-state index >= 15 is 0 Å². The number of rotatable bonds is 2. The quantitative estimate of drug-likeness (QED) is 0.508. The van der Waals surface area contributed by atoms with Gasteiger partial charge in [-0.25, -0.2) is 0 Å². The van der Waals surface area contributed by atoms with Gasteiger partial charge in [0.2, 0.25) is 0 Å². The molecular formula is C27H46O2. The van der Waals surface area contributed by atoms with Crippen LogP contribution in [-0.4, -0.2) is 23.4 Å². The number of allylic oxidation sites excluding steroid dienone is 1. The van der Waals surface area contributed by atoms with Gasteiger partial charge in [-0.1, -0.05) is 59.1 Å². The standard InChI is InChI=1S/C27H46O2/c1-7-19-10-11-21-26(5)16-12-20-24(3,8-2)14-9-15-25(20,4)22(26)18-23(28)27(21,6)29-17-13-19/h13,20-23,28H,7-12,14-18H2,1-6H3/b19-13-/t20-,21-,22+,23-,24-,25-,26-,27+/m0/s1. The van der Waals surface area contributed by atoms with Crippen LogP contribution in [0.3, 0.4) is 0 Å². The first-order valence-corrected chi connectivity index (χ1v) is 12.6. The van der Waals surface area contributed by atoms with E-state index in [2.05, 4.69) is 47.6 Å². The molecule has 1 aliphatic heterocycles. The van der Waals surface area contributed by atoms with Crippen molar-refractivity contribution in [2.45, 2.75) is 117 Å². The van der Waals surface area contributed by atoms with Gasteiger partial charge < -0.3 is 9.84 Å². The van der Waals surface area contributed by atoms with E-state index in [1.165, 1.54) is 51.4 Å². The molecule has 2 nitrogen and oxygen atoms in total. The summed E-state index contributed by atoms with van der Waals surface area (Å²) in [7, 11) is 0. The van der Waals surface area contributed by atoms with Crippen molar-refractivity contribution in [1.29, 1.82) is 0 Å². The maximum absolute atomic E-state index is 11.5. The van der Waals surface area contributed by atoms with Gasteiger partial charge in [-0.05, 0) is 92.3 Å². The molecule has 2 heteroatoms. The van der Waals surface area contributed by atoms with Crippen molar-refractivity contribution in [1.82, 2.24) is 0 Å². The van der Waals surface area contributed by atoms with E-state index in [-0.39, 0.29) is 11.5 Å². The van der Waals surface area contributed by atoms with Crippen LogP contribution in [0.1, 0.15) is 106 Å².